The zero-order chi connectivity index (χ0) is 20.0. The summed E-state index contributed by atoms with van der Waals surface area (Å²) in [7, 11) is 3.37. The van der Waals surface area contributed by atoms with E-state index in [0.717, 1.165) is 18.7 Å². The summed E-state index contributed by atoms with van der Waals surface area (Å²) in [6.45, 7) is 3.60. The van der Waals surface area contributed by atoms with E-state index in [9.17, 15) is 14.4 Å². The first-order valence-electron chi connectivity index (χ1n) is 9.53. The van der Waals surface area contributed by atoms with E-state index in [0.29, 0.717) is 36.0 Å². The van der Waals surface area contributed by atoms with Gasteiger partial charge in [0.1, 0.15) is 5.69 Å². The third-order valence-corrected chi connectivity index (χ3v) is 5.67. The molecule has 2 amide bonds. The summed E-state index contributed by atoms with van der Waals surface area (Å²) in [6, 6.07) is 8.86. The first-order chi connectivity index (χ1) is 13.3. The van der Waals surface area contributed by atoms with Crippen molar-refractivity contribution in [3.63, 3.8) is 0 Å². The van der Waals surface area contributed by atoms with Gasteiger partial charge in [0.05, 0.1) is 5.69 Å². The van der Waals surface area contributed by atoms with E-state index in [1.807, 2.05) is 21.6 Å². The van der Waals surface area contributed by atoms with Crippen molar-refractivity contribution in [2.45, 2.75) is 25.8 Å². The molecule has 0 aromatic carbocycles. The minimum absolute atomic E-state index is 0.0513. The zero-order valence-electron chi connectivity index (χ0n) is 16.4. The number of rotatable bonds is 2. The molecule has 2 atom stereocenters. The molecule has 4 heterocycles. The average Bonchev–Trinajstić information content (AvgIpc) is 2.67. The molecule has 0 radical (unpaired) electrons. The molecule has 1 saturated heterocycles. The van der Waals surface area contributed by atoms with Crippen molar-refractivity contribution in [2.75, 3.05) is 27.2 Å². The van der Waals surface area contributed by atoms with Crippen LogP contribution in [0.3, 0.4) is 0 Å². The lowest BCUT2D eigenvalue weighted by Gasteiger charge is -2.42. The molecule has 7 heteroatoms. The van der Waals surface area contributed by atoms with Crippen LogP contribution in [0.15, 0.2) is 35.1 Å². The molecule has 146 valence electrons. The van der Waals surface area contributed by atoms with E-state index in [2.05, 4.69) is 4.98 Å². The number of hydrogen-bond donors (Lipinski definition) is 0. The first-order valence-corrected chi connectivity index (χ1v) is 9.53. The Bertz CT molecular complexity index is 1010. The standard InChI is InChI=1S/C21H24N4O3/c1-13(26)24-10-14-7-16(12-24)19-8-15(9-20(27)25(19)11-14)17-5-4-6-18(22-17)21(28)23(2)3/h4-6,8-9,14,16H,7,10-12H2,1-3H3/t14-,16+/m0/s1. The van der Waals surface area contributed by atoms with Gasteiger partial charge < -0.3 is 14.4 Å². The summed E-state index contributed by atoms with van der Waals surface area (Å²) in [5, 5.41) is 0. The lowest BCUT2D eigenvalue weighted by atomic mass is 9.82. The van der Waals surface area contributed by atoms with E-state index in [4.69, 9.17) is 0 Å². The number of carbonyl (C=O) groups excluding carboxylic acids is 2. The molecule has 4 rings (SSSR count). The number of amides is 2. The Morgan fingerprint density at radius 2 is 1.93 bits per heavy atom. The maximum absolute atomic E-state index is 12.8. The molecule has 7 nitrogen and oxygen atoms in total. The topological polar surface area (TPSA) is 75.5 Å². The molecule has 2 aromatic rings. The summed E-state index contributed by atoms with van der Waals surface area (Å²) >= 11 is 0. The van der Waals surface area contributed by atoms with Crippen molar-refractivity contribution in [3.05, 3.63) is 52.1 Å². The predicted molar refractivity (Wildman–Crippen MR) is 105 cm³/mol. The van der Waals surface area contributed by atoms with Crippen molar-refractivity contribution in [1.82, 2.24) is 19.4 Å². The van der Waals surface area contributed by atoms with Gasteiger partial charge >= 0.3 is 0 Å². The molecule has 2 aromatic heterocycles. The molecule has 28 heavy (non-hydrogen) atoms. The largest absolute Gasteiger partial charge is 0.343 e. The van der Waals surface area contributed by atoms with Gasteiger partial charge in [-0.2, -0.15) is 0 Å². The van der Waals surface area contributed by atoms with Crippen molar-refractivity contribution in [1.29, 1.82) is 0 Å². The number of piperidine rings is 1. The van der Waals surface area contributed by atoms with Gasteiger partial charge in [-0.15, -0.1) is 0 Å². The molecule has 0 N–H and O–H groups in total. The number of fused-ring (bicyclic) bond motifs is 4. The van der Waals surface area contributed by atoms with Crippen LogP contribution in [0.5, 0.6) is 0 Å². The smallest absolute Gasteiger partial charge is 0.271 e. The Balaban J connectivity index is 1.75. The van der Waals surface area contributed by atoms with Crippen molar-refractivity contribution >= 4 is 11.8 Å². The second-order valence-corrected chi connectivity index (χ2v) is 7.95. The van der Waals surface area contributed by atoms with Gasteiger partial charge in [-0.3, -0.25) is 14.4 Å². The van der Waals surface area contributed by atoms with Gasteiger partial charge in [0, 0.05) is 63.9 Å². The molecule has 2 aliphatic heterocycles. The van der Waals surface area contributed by atoms with Crippen LogP contribution < -0.4 is 5.56 Å². The molecule has 0 unspecified atom stereocenters. The van der Waals surface area contributed by atoms with Crippen LogP contribution in [-0.2, 0) is 11.3 Å². The molecule has 2 bridgehead atoms. The van der Waals surface area contributed by atoms with E-state index < -0.39 is 0 Å². The Kier molecular flexibility index (Phi) is 4.53. The number of carbonyl (C=O) groups is 2. The Hall–Kier alpha value is -2.96. The third-order valence-electron chi connectivity index (χ3n) is 5.67. The quantitative estimate of drug-likeness (QED) is 0.793. The highest BCUT2D eigenvalue weighted by Gasteiger charge is 2.35. The fraction of sp³-hybridized carbons (Fsp3) is 0.429. The highest BCUT2D eigenvalue weighted by molar-refractivity contribution is 5.92. The van der Waals surface area contributed by atoms with Crippen LogP contribution in [0.25, 0.3) is 11.3 Å². The van der Waals surface area contributed by atoms with E-state index in [1.165, 1.54) is 4.90 Å². The SMILES string of the molecule is CC(=O)N1C[C@@H]2C[C@H](C1)c1cc(-c3cccc(C(=O)N(C)C)n3)cc(=O)n1C2. The maximum Gasteiger partial charge on any atom is 0.271 e. The normalized spacial score (nSPS) is 20.5. The van der Waals surface area contributed by atoms with Crippen LogP contribution in [0, 0.1) is 5.92 Å². The number of aromatic nitrogens is 2. The molecular formula is C21H24N4O3. The van der Waals surface area contributed by atoms with Crippen LogP contribution >= 0.6 is 0 Å². The lowest BCUT2D eigenvalue weighted by Crippen LogP contribution is -2.48. The predicted octanol–water partition coefficient (Wildman–Crippen LogP) is 1.58. The van der Waals surface area contributed by atoms with E-state index >= 15 is 0 Å². The monoisotopic (exact) mass is 380 g/mol. The van der Waals surface area contributed by atoms with Crippen LogP contribution in [0.1, 0.15) is 35.4 Å². The third kappa shape index (κ3) is 3.21. The molecule has 1 fully saturated rings. The van der Waals surface area contributed by atoms with E-state index in [-0.39, 0.29) is 23.3 Å². The Morgan fingerprint density at radius 1 is 1.14 bits per heavy atom. The number of nitrogens with zero attached hydrogens (tertiary/aromatic N) is 4. The minimum Gasteiger partial charge on any atom is -0.343 e. The number of likely N-dealkylation sites (tertiary alicyclic amines) is 1. The van der Waals surface area contributed by atoms with Gasteiger partial charge in [-0.1, -0.05) is 6.07 Å². The molecule has 0 aliphatic carbocycles. The fourth-order valence-electron chi connectivity index (χ4n) is 4.31. The summed E-state index contributed by atoms with van der Waals surface area (Å²) < 4.78 is 1.84. The van der Waals surface area contributed by atoms with Crippen LogP contribution in [-0.4, -0.2) is 58.4 Å². The Morgan fingerprint density at radius 3 is 2.64 bits per heavy atom. The first kappa shape index (κ1) is 18.4. The molecule has 0 spiro atoms. The average molecular weight is 380 g/mol. The van der Waals surface area contributed by atoms with E-state index in [1.54, 1.807) is 39.2 Å². The van der Waals surface area contributed by atoms with Crippen molar-refractivity contribution < 1.29 is 9.59 Å². The van der Waals surface area contributed by atoms with Gasteiger partial charge in [0.25, 0.3) is 11.5 Å². The lowest BCUT2D eigenvalue weighted by molar-refractivity contribution is -0.131. The van der Waals surface area contributed by atoms with Gasteiger partial charge in [-0.25, -0.2) is 4.98 Å². The summed E-state index contributed by atoms with van der Waals surface area (Å²) in [6.07, 6.45) is 0.985. The number of pyridine rings is 2. The van der Waals surface area contributed by atoms with Gasteiger partial charge in [0.15, 0.2) is 0 Å². The zero-order valence-corrected chi connectivity index (χ0v) is 16.4. The van der Waals surface area contributed by atoms with Crippen molar-refractivity contribution in [3.8, 4) is 11.3 Å². The second kappa shape index (κ2) is 6.89. The van der Waals surface area contributed by atoms with Gasteiger partial charge in [-0.05, 0) is 30.5 Å². The Labute approximate surface area is 163 Å². The second-order valence-electron chi connectivity index (χ2n) is 7.95. The molecule has 2 aliphatic rings. The van der Waals surface area contributed by atoms with Crippen LogP contribution in [0.2, 0.25) is 0 Å². The highest BCUT2D eigenvalue weighted by atomic mass is 16.2. The fourth-order valence-corrected chi connectivity index (χ4v) is 4.31. The van der Waals surface area contributed by atoms with Crippen LogP contribution in [0.4, 0.5) is 0 Å². The van der Waals surface area contributed by atoms with Crippen molar-refractivity contribution in [2.24, 2.45) is 5.92 Å². The van der Waals surface area contributed by atoms with Gasteiger partial charge in [0.2, 0.25) is 5.91 Å². The number of hydrogen-bond acceptors (Lipinski definition) is 4. The molecule has 0 saturated carbocycles. The minimum atomic E-state index is -0.177. The summed E-state index contributed by atoms with van der Waals surface area (Å²) in [5.41, 5.74) is 2.57. The maximum atomic E-state index is 12.8. The molecular weight excluding hydrogens is 356 g/mol. The highest BCUT2D eigenvalue weighted by Crippen LogP contribution is 2.36. The summed E-state index contributed by atoms with van der Waals surface area (Å²) in [5.74, 6) is 0.371. The summed E-state index contributed by atoms with van der Waals surface area (Å²) in [4.78, 5) is 44.7.